The molecule has 0 aromatic heterocycles. The number of benzene rings is 2. The average molecular weight is 400 g/mol. The Bertz CT molecular complexity index is 548. The largest absolute Gasteiger partial charge is 0.508 e. The lowest BCUT2D eigenvalue weighted by molar-refractivity contribution is 0.0444. The van der Waals surface area contributed by atoms with Crippen LogP contribution in [0, 0.1) is 0 Å². The highest BCUT2D eigenvalue weighted by Gasteiger charge is 2.08. The van der Waals surface area contributed by atoms with Crippen LogP contribution in [0.3, 0.4) is 0 Å². The maximum atomic E-state index is 11.5. The summed E-state index contributed by atoms with van der Waals surface area (Å²) < 4.78 is 11.9. The number of hydrogen-bond donors (Lipinski definition) is 0. The number of carbonyl (C=O) groups is 1. The zero-order chi connectivity index (χ0) is 14.4. The summed E-state index contributed by atoms with van der Waals surface area (Å²) in [7, 11) is 0. The molecule has 0 bridgehead atoms. The van der Waals surface area contributed by atoms with E-state index in [1.54, 1.807) is 0 Å². The number of halogens is 2. The van der Waals surface area contributed by atoms with Crippen LogP contribution in [0.1, 0.15) is 11.1 Å². The molecule has 0 saturated heterocycles. The quantitative estimate of drug-likeness (QED) is 0.673. The van der Waals surface area contributed by atoms with E-state index in [9.17, 15) is 4.79 Å². The molecule has 0 aliphatic carbocycles. The van der Waals surface area contributed by atoms with Gasteiger partial charge in [0.15, 0.2) is 0 Å². The van der Waals surface area contributed by atoms with Crippen molar-refractivity contribution in [2.24, 2.45) is 0 Å². The van der Waals surface area contributed by atoms with Crippen LogP contribution in [0.4, 0.5) is 4.79 Å². The van der Waals surface area contributed by atoms with Gasteiger partial charge < -0.3 is 9.47 Å². The molecule has 20 heavy (non-hydrogen) atoms. The predicted octanol–water partition coefficient (Wildman–Crippen LogP) is 5.07. The summed E-state index contributed by atoms with van der Waals surface area (Å²) in [6, 6.07) is 15.1. The summed E-state index contributed by atoms with van der Waals surface area (Å²) in [5.74, 6) is 0. The van der Waals surface area contributed by atoms with Gasteiger partial charge in [-0.15, -0.1) is 0 Å². The van der Waals surface area contributed by atoms with Crippen molar-refractivity contribution in [3.63, 3.8) is 0 Å². The molecule has 0 unspecified atom stereocenters. The Morgan fingerprint density at radius 1 is 0.800 bits per heavy atom. The molecule has 0 N–H and O–H groups in total. The molecule has 0 saturated carbocycles. The standard InChI is InChI=1S/C15H12Br2O3/c16-13-7-3-1-5-11(13)9-19-15(18)20-10-12-6-2-4-8-14(12)17/h1-8H,9-10H2. The number of hydrogen-bond acceptors (Lipinski definition) is 3. The minimum atomic E-state index is -0.684. The van der Waals surface area contributed by atoms with Crippen LogP contribution < -0.4 is 0 Å². The zero-order valence-electron chi connectivity index (χ0n) is 10.5. The molecule has 3 nitrogen and oxygen atoms in total. The molecule has 0 aliphatic rings. The van der Waals surface area contributed by atoms with E-state index in [1.807, 2.05) is 48.5 Å². The van der Waals surface area contributed by atoms with Crippen molar-refractivity contribution in [3.8, 4) is 0 Å². The second-order valence-corrected chi connectivity index (χ2v) is 5.72. The maximum Gasteiger partial charge on any atom is 0.508 e. The van der Waals surface area contributed by atoms with Crippen LogP contribution in [0.15, 0.2) is 57.5 Å². The Morgan fingerprint density at radius 2 is 1.20 bits per heavy atom. The van der Waals surface area contributed by atoms with E-state index >= 15 is 0 Å². The highest BCUT2D eigenvalue weighted by molar-refractivity contribution is 9.10. The molecule has 104 valence electrons. The Morgan fingerprint density at radius 3 is 1.60 bits per heavy atom. The van der Waals surface area contributed by atoms with Gasteiger partial charge in [0.05, 0.1) is 0 Å². The molecule has 0 amide bonds. The third-order valence-corrected chi connectivity index (χ3v) is 4.15. The van der Waals surface area contributed by atoms with E-state index in [0.29, 0.717) is 0 Å². The van der Waals surface area contributed by atoms with Crippen LogP contribution in [0.25, 0.3) is 0 Å². The number of rotatable bonds is 4. The minimum absolute atomic E-state index is 0.177. The van der Waals surface area contributed by atoms with Crippen LogP contribution in [0.5, 0.6) is 0 Å². The molecule has 5 heteroatoms. The van der Waals surface area contributed by atoms with Crippen molar-refractivity contribution >= 4 is 38.0 Å². The van der Waals surface area contributed by atoms with Gasteiger partial charge in [-0.1, -0.05) is 68.3 Å². The van der Waals surface area contributed by atoms with Crippen molar-refractivity contribution in [1.82, 2.24) is 0 Å². The fourth-order valence-corrected chi connectivity index (χ4v) is 2.34. The van der Waals surface area contributed by atoms with Crippen molar-refractivity contribution in [2.75, 3.05) is 0 Å². The summed E-state index contributed by atoms with van der Waals surface area (Å²) >= 11 is 6.79. The lowest BCUT2D eigenvalue weighted by Crippen LogP contribution is -2.08. The van der Waals surface area contributed by atoms with Crippen LogP contribution in [-0.2, 0) is 22.7 Å². The normalized spacial score (nSPS) is 10.1. The fraction of sp³-hybridized carbons (Fsp3) is 0.133. The zero-order valence-corrected chi connectivity index (χ0v) is 13.7. The van der Waals surface area contributed by atoms with E-state index in [-0.39, 0.29) is 13.2 Å². The van der Waals surface area contributed by atoms with E-state index < -0.39 is 6.16 Å². The maximum absolute atomic E-state index is 11.5. The highest BCUT2D eigenvalue weighted by atomic mass is 79.9. The molecule has 2 aromatic rings. The van der Waals surface area contributed by atoms with Crippen molar-refractivity contribution in [3.05, 3.63) is 68.6 Å². The molecular formula is C15H12Br2O3. The van der Waals surface area contributed by atoms with Gasteiger partial charge in [-0.25, -0.2) is 4.79 Å². The van der Waals surface area contributed by atoms with E-state index in [0.717, 1.165) is 20.1 Å². The molecule has 0 atom stereocenters. The monoisotopic (exact) mass is 398 g/mol. The molecule has 0 heterocycles. The average Bonchev–Trinajstić information content (AvgIpc) is 2.45. The lowest BCUT2D eigenvalue weighted by atomic mass is 10.2. The van der Waals surface area contributed by atoms with Gasteiger partial charge in [0.1, 0.15) is 13.2 Å². The molecule has 0 radical (unpaired) electrons. The predicted molar refractivity (Wildman–Crippen MR) is 83.3 cm³/mol. The summed E-state index contributed by atoms with van der Waals surface area (Å²) in [4.78, 5) is 11.5. The van der Waals surface area contributed by atoms with Gasteiger partial charge in [0, 0.05) is 20.1 Å². The molecule has 0 aliphatic heterocycles. The van der Waals surface area contributed by atoms with Crippen molar-refractivity contribution in [1.29, 1.82) is 0 Å². The molecule has 0 fully saturated rings. The summed E-state index contributed by atoms with van der Waals surface area (Å²) in [6.07, 6.45) is -0.684. The first-order valence-corrected chi connectivity index (χ1v) is 7.52. The Hall–Kier alpha value is -1.33. The van der Waals surface area contributed by atoms with E-state index in [2.05, 4.69) is 31.9 Å². The molecule has 2 rings (SSSR count). The number of ether oxygens (including phenoxy) is 2. The van der Waals surface area contributed by atoms with Crippen LogP contribution in [0.2, 0.25) is 0 Å². The van der Waals surface area contributed by atoms with Gasteiger partial charge in [-0.05, 0) is 12.1 Å². The summed E-state index contributed by atoms with van der Waals surface area (Å²) in [5.41, 5.74) is 1.79. The Balaban J connectivity index is 1.82. The summed E-state index contributed by atoms with van der Waals surface area (Å²) in [5, 5.41) is 0. The second-order valence-electron chi connectivity index (χ2n) is 4.01. The van der Waals surface area contributed by atoms with E-state index in [1.165, 1.54) is 0 Å². The third kappa shape index (κ3) is 4.35. The smallest absolute Gasteiger partial charge is 0.429 e. The van der Waals surface area contributed by atoms with E-state index in [4.69, 9.17) is 9.47 Å². The van der Waals surface area contributed by atoms with Crippen molar-refractivity contribution in [2.45, 2.75) is 13.2 Å². The summed E-state index contributed by atoms with van der Waals surface area (Å²) in [6.45, 7) is 0.354. The van der Waals surface area contributed by atoms with Gasteiger partial charge in [0.25, 0.3) is 0 Å². The van der Waals surface area contributed by atoms with Gasteiger partial charge in [0.2, 0.25) is 0 Å². The Labute approximate surface area is 134 Å². The topological polar surface area (TPSA) is 35.5 Å². The van der Waals surface area contributed by atoms with Crippen molar-refractivity contribution < 1.29 is 14.3 Å². The molecular weight excluding hydrogens is 388 g/mol. The fourth-order valence-electron chi connectivity index (χ4n) is 1.55. The minimum Gasteiger partial charge on any atom is -0.429 e. The third-order valence-electron chi connectivity index (χ3n) is 2.61. The highest BCUT2D eigenvalue weighted by Crippen LogP contribution is 2.18. The van der Waals surface area contributed by atoms with Gasteiger partial charge >= 0.3 is 6.16 Å². The first kappa shape index (κ1) is 15.1. The first-order chi connectivity index (χ1) is 9.66. The number of carbonyl (C=O) groups excluding carboxylic acids is 1. The van der Waals surface area contributed by atoms with Gasteiger partial charge in [-0.2, -0.15) is 0 Å². The van der Waals surface area contributed by atoms with Gasteiger partial charge in [-0.3, -0.25) is 0 Å². The SMILES string of the molecule is O=C(OCc1ccccc1Br)OCc1ccccc1Br. The van der Waals surface area contributed by atoms with Crippen LogP contribution >= 0.6 is 31.9 Å². The molecule has 2 aromatic carbocycles. The first-order valence-electron chi connectivity index (χ1n) is 5.93. The Kier molecular flexibility index (Phi) is 5.61. The molecule has 0 spiro atoms. The van der Waals surface area contributed by atoms with Crippen LogP contribution in [-0.4, -0.2) is 6.16 Å². The second kappa shape index (κ2) is 7.45. The lowest BCUT2D eigenvalue weighted by Gasteiger charge is -2.08.